The number of thioether (sulfide) groups is 2. The summed E-state index contributed by atoms with van der Waals surface area (Å²) in [6, 6.07) is 4.20. The van der Waals surface area contributed by atoms with E-state index < -0.39 is 5.82 Å². The Morgan fingerprint density at radius 3 is 3.00 bits per heavy atom. The zero-order valence-electron chi connectivity index (χ0n) is 9.69. The van der Waals surface area contributed by atoms with Gasteiger partial charge in [0, 0.05) is 39.5 Å². The Hall–Kier alpha value is -0.330. The van der Waals surface area contributed by atoms with E-state index in [-0.39, 0.29) is 10.8 Å². The molecule has 1 saturated heterocycles. The summed E-state index contributed by atoms with van der Waals surface area (Å²) in [7, 11) is 0. The summed E-state index contributed by atoms with van der Waals surface area (Å²) in [5.74, 6) is 2.83. The molecule has 1 fully saturated rings. The minimum atomic E-state index is -0.408. The average Bonchev–Trinajstić information content (AvgIpc) is 2.40. The van der Waals surface area contributed by atoms with Gasteiger partial charge in [-0.1, -0.05) is 0 Å². The van der Waals surface area contributed by atoms with Crippen molar-refractivity contribution in [1.29, 1.82) is 0 Å². The average molecular weight is 303 g/mol. The van der Waals surface area contributed by atoms with Crippen LogP contribution in [0, 0.1) is 5.82 Å². The first-order chi connectivity index (χ1) is 8.66. The molecule has 0 aromatic heterocycles. The van der Waals surface area contributed by atoms with Crippen molar-refractivity contribution in [2.24, 2.45) is 0 Å². The van der Waals surface area contributed by atoms with Gasteiger partial charge in [0.25, 0.3) is 5.91 Å². The molecule has 0 spiro atoms. The third kappa shape index (κ3) is 3.83. The minimum absolute atomic E-state index is 0.165. The number of benzene rings is 1. The molecule has 1 N–H and O–H groups in total. The molecule has 1 heterocycles. The summed E-state index contributed by atoms with van der Waals surface area (Å²) in [6.07, 6.45) is 0. The fourth-order valence-corrected chi connectivity index (χ4v) is 4.44. The SMILES string of the molecule is O=C(NCC1CSCCS1)c1ccc(F)c(S)c1. The third-order valence-corrected chi connectivity index (χ3v) is 5.77. The van der Waals surface area contributed by atoms with Crippen LogP contribution in [0.25, 0.3) is 0 Å². The molecule has 2 rings (SSSR count). The van der Waals surface area contributed by atoms with Gasteiger partial charge in [-0.15, -0.1) is 12.6 Å². The second kappa shape index (κ2) is 6.73. The maximum absolute atomic E-state index is 13.0. The van der Waals surface area contributed by atoms with Crippen LogP contribution in [-0.4, -0.2) is 35.0 Å². The normalized spacial score (nSPS) is 19.6. The molecule has 0 saturated carbocycles. The number of amides is 1. The molecule has 0 bridgehead atoms. The topological polar surface area (TPSA) is 29.1 Å². The highest BCUT2D eigenvalue weighted by Gasteiger charge is 2.16. The number of rotatable bonds is 3. The van der Waals surface area contributed by atoms with E-state index in [0.29, 0.717) is 17.4 Å². The van der Waals surface area contributed by atoms with E-state index in [9.17, 15) is 9.18 Å². The van der Waals surface area contributed by atoms with Crippen LogP contribution in [0.15, 0.2) is 23.1 Å². The first-order valence-corrected chi connectivity index (χ1v) is 8.28. The van der Waals surface area contributed by atoms with E-state index >= 15 is 0 Å². The Morgan fingerprint density at radius 1 is 1.50 bits per heavy atom. The van der Waals surface area contributed by atoms with Crippen molar-refractivity contribution in [3.63, 3.8) is 0 Å². The Balaban J connectivity index is 1.88. The summed E-state index contributed by atoms with van der Waals surface area (Å²) in [6.45, 7) is 0.662. The van der Waals surface area contributed by atoms with Crippen LogP contribution in [0.3, 0.4) is 0 Å². The van der Waals surface area contributed by atoms with Gasteiger partial charge in [0.1, 0.15) is 5.82 Å². The van der Waals surface area contributed by atoms with E-state index in [1.807, 2.05) is 23.5 Å². The first-order valence-electron chi connectivity index (χ1n) is 5.63. The van der Waals surface area contributed by atoms with Crippen molar-refractivity contribution >= 4 is 42.1 Å². The van der Waals surface area contributed by atoms with Crippen molar-refractivity contribution in [1.82, 2.24) is 5.32 Å². The lowest BCUT2D eigenvalue weighted by molar-refractivity contribution is 0.0954. The van der Waals surface area contributed by atoms with Crippen LogP contribution < -0.4 is 5.32 Å². The predicted octanol–water partition coefficient (Wildman–Crippen LogP) is 2.69. The van der Waals surface area contributed by atoms with E-state index in [2.05, 4.69) is 17.9 Å². The monoisotopic (exact) mass is 303 g/mol. The molecule has 1 atom stereocenters. The quantitative estimate of drug-likeness (QED) is 0.841. The van der Waals surface area contributed by atoms with Gasteiger partial charge in [-0.25, -0.2) is 4.39 Å². The van der Waals surface area contributed by atoms with Gasteiger partial charge in [-0.05, 0) is 18.2 Å². The van der Waals surface area contributed by atoms with Gasteiger partial charge < -0.3 is 5.32 Å². The molecule has 18 heavy (non-hydrogen) atoms. The molecule has 0 aliphatic carbocycles. The second-order valence-electron chi connectivity index (χ2n) is 3.94. The lowest BCUT2D eigenvalue weighted by Crippen LogP contribution is -2.33. The number of halogens is 1. The maximum Gasteiger partial charge on any atom is 0.251 e. The zero-order valence-corrected chi connectivity index (χ0v) is 12.2. The Morgan fingerprint density at radius 2 is 2.33 bits per heavy atom. The smallest absolute Gasteiger partial charge is 0.251 e. The lowest BCUT2D eigenvalue weighted by Gasteiger charge is -2.21. The largest absolute Gasteiger partial charge is 0.351 e. The van der Waals surface area contributed by atoms with Crippen molar-refractivity contribution in [3.05, 3.63) is 29.6 Å². The summed E-state index contributed by atoms with van der Waals surface area (Å²) >= 11 is 7.79. The molecular weight excluding hydrogens is 289 g/mol. The second-order valence-corrected chi connectivity index (χ2v) is 6.98. The molecule has 1 unspecified atom stereocenters. The molecule has 2 nitrogen and oxygen atoms in total. The van der Waals surface area contributed by atoms with Crippen LogP contribution in [0.4, 0.5) is 4.39 Å². The van der Waals surface area contributed by atoms with Crippen LogP contribution in [-0.2, 0) is 0 Å². The summed E-state index contributed by atoms with van der Waals surface area (Å²) in [4.78, 5) is 12.1. The van der Waals surface area contributed by atoms with E-state index in [1.165, 1.54) is 24.0 Å². The minimum Gasteiger partial charge on any atom is -0.351 e. The molecule has 1 aromatic carbocycles. The van der Waals surface area contributed by atoms with Gasteiger partial charge in [0.2, 0.25) is 0 Å². The number of carbonyl (C=O) groups is 1. The fourth-order valence-electron chi connectivity index (χ4n) is 1.62. The van der Waals surface area contributed by atoms with Crippen molar-refractivity contribution in [3.8, 4) is 0 Å². The third-order valence-electron chi connectivity index (χ3n) is 2.58. The van der Waals surface area contributed by atoms with Crippen molar-refractivity contribution in [2.45, 2.75) is 10.1 Å². The molecule has 1 aromatic rings. The van der Waals surface area contributed by atoms with Crippen molar-refractivity contribution < 1.29 is 9.18 Å². The highest BCUT2D eigenvalue weighted by molar-refractivity contribution is 8.06. The van der Waals surface area contributed by atoms with Gasteiger partial charge in [-0.2, -0.15) is 23.5 Å². The van der Waals surface area contributed by atoms with E-state index in [0.717, 1.165) is 11.5 Å². The molecule has 1 aliphatic rings. The van der Waals surface area contributed by atoms with E-state index in [4.69, 9.17) is 0 Å². The van der Waals surface area contributed by atoms with Gasteiger partial charge in [0.15, 0.2) is 0 Å². The molecule has 1 amide bonds. The van der Waals surface area contributed by atoms with Gasteiger partial charge in [-0.3, -0.25) is 4.79 Å². The Kier molecular flexibility index (Phi) is 5.26. The van der Waals surface area contributed by atoms with Crippen LogP contribution in [0.5, 0.6) is 0 Å². The molecule has 6 heteroatoms. The maximum atomic E-state index is 13.0. The predicted molar refractivity (Wildman–Crippen MR) is 79.6 cm³/mol. The Labute approximate surface area is 120 Å². The number of nitrogens with one attached hydrogen (secondary N) is 1. The molecule has 98 valence electrons. The highest BCUT2D eigenvalue weighted by Crippen LogP contribution is 2.23. The molecule has 1 aliphatic heterocycles. The summed E-state index contributed by atoms with van der Waals surface area (Å²) in [5.41, 5.74) is 0.454. The summed E-state index contributed by atoms with van der Waals surface area (Å²) in [5, 5.41) is 3.36. The van der Waals surface area contributed by atoms with E-state index in [1.54, 1.807) is 0 Å². The molecule has 0 radical (unpaired) electrons. The number of hydrogen-bond donors (Lipinski definition) is 2. The summed E-state index contributed by atoms with van der Waals surface area (Å²) < 4.78 is 13.0. The number of carbonyl (C=O) groups excluding carboxylic acids is 1. The van der Waals surface area contributed by atoms with Crippen LogP contribution in [0.1, 0.15) is 10.4 Å². The van der Waals surface area contributed by atoms with Gasteiger partial charge >= 0.3 is 0 Å². The zero-order chi connectivity index (χ0) is 13.0. The van der Waals surface area contributed by atoms with Crippen molar-refractivity contribution in [2.75, 3.05) is 23.8 Å². The lowest BCUT2D eigenvalue weighted by atomic mass is 10.2. The molecular formula is C12H14FNOS3. The number of thiol groups is 1. The highest BCUT2D eigenvalue weighted by atomic mass is 32.2. The van der Waals surface area contributed by atoms with Crippen LogP contribution >= 0.6 is 36.2 Å². The van der Waals surface area contributed by atoms with Crippen LogP contribution in [0.2, 0.25) is 0 Å². The number of hydrogen-bond acceptors (Lipinski definition) is 4. The fraction of sp³-hybridized carbons (Fsp3) is 0.417. The van der Waals surface area contributed by atoms with Gasteiger partial charge in [0.05, 0.1) is 0 Å². The Bertz CT molecular complexity index is 435. The first kappa shape index (κ1) is 14.1. The standard InChI is InChI=1S/C12H14FNOS3/c13-10-2-1-8(5-11(10)16)12(15)14-6-9-7-17-3-4-18-9/h1-2,5,9,16H,3-4,6-7H2,(H,14,15).